The van der Waals surface area contributed by atoms with Crippen molar-refractivity contribution in [2.75, 3.05) is 0 Å². The summed E-state index contributed by atoms with van der Waals surface area (Å²) in [5.74, 6) is -1.32. The molecule has 0 saturated carbocycles. The van der Waals surface area contributed by atoms with E-state index in [2.05, 4.69) is 4.98 Å². The number of rotatable bonds is 3. The molecule has 0 aromatic carbocycles. The van der Waals surface area contributed by atoms with Gasteiger partial charge in [0.15, 0.2) is 0 Å². The fraction of sp³-hybridized carbons (Fsp3) is 0.222. The zero-order valence-electron chi connectivity index (χ0n) is 7.75. The number of alkyl halides is 2. The Balaban J connectivity index is 3.40. The van der Waals surface area contributed by atoms with Crippen LogP contribution in [0.3, 0.4) is 0 Å². The first-order valence-electron chi connectivity index (χ1n) is 4.05. The van der Waals surface area contributed by atoms with Gasteiger partial charge in [-0.25, -0.2) is 13.8 Å². The molecule has 7 heteroatoms. The van der Waals surface area contributed by atoms with E-state index in [-0.39, 0.29) is 16.4 Å². The van der Waals surface area contributed by atoms with Crippen LogP contribution in [0.2, 0.25) is 5.15 Å². The lowest BCUT2D eigenvalue weighted by atomic mass is 10.0. The van der Waals surface area contributed by atoms with Gasteiger partial charge in [-0.3, -0.25) is 4.79 Å². The average molecular weight is 247 g/mol. The molecule has 1 aromatic heterocycles. The van der Waals surface area contributed by atoms with Gasteiger partial charge < -0.3 is 5.11 Å². The Hall–Kier alpha value is -1.74. The van der Waals surface area contributed by atoms with E-state index in [0.29, 0.717) is 0 Å². The molecule has 0 aliphatic rings. The summed E-state index contributed by atoms with van der Waals surface area (Å²) in [6.07, 6.45) is -3.59. The number of carboxylic acid groups (broad SMARTS) is 1. The highest BCUT2D eigenvalue weighted by molar-refractivity contribution is 6.29. The van der Waals surface area contributed by atoms with Gasteiger partial charge in [0, 0.05) is 11.1 Å². The number of pyridine rings is 1. The lowest BCUT2D eigenvalue weighted by Gasteiger charge is -2.08. The molecule has 0 fully saturated rings. The molecule has 0 saturated heterocycles. The lowest BCUT2D eigenvalue weighted by molar-refractivity contribution is -0.136. The highest BCUT2D eigenvalue weighted by atomic mass is 35.5. The molecule has 0 spiro atoms. The average Bonchev–Trinajstić information content (AvgIpc) is 2.19. The maximum atomic E-state index is 12.6. The summed E-state index contributed by atoms with van der Waals surface area (Å²) in [5, 5.41) is 16.9. The molecule has 1 rings (SSSR count). The van der Waals surface area contributed by atoms with Crippen molar-refractivity contribution in [1.29, 1.82) is 5.26 Å². The predicted octanol–water partition coefficient (Wildman–Crippen LogP) is 2.17. The molecule has 0 atom stereocenters. The molecule has 0 aliphatic heterocycles. The highest BCUT2D eigenvalue weighted by Gasteiger charge is 2.20. The number of hydrogen-bond donors (Lipinski definition) is 1. The van der Waals surface area contributed by atoms with Gasteiger partial charge in [0.05, 0.1) is 6.42 Å². The number of carboxylic acids is 1. The van der Waals surface area contributed by atoms with E-state index in [1.165, 1.54) is 0 Å². The molecule has 1 heterocycles. The summed E-state index contributed by atoms with van der Waals surface area (Å²) in [6.45, 7) is 0. The van der Waals surface area contributed by atoms with E-state index in [0.717, 1.165) is 6.07 Å². The smallest absolute Gasteiger partial charge is 0.307 e. The summed E-state index contributed by atoms with van der Waals surface area (Å²) in [4.78, 5) is 14.0. The molecule has 16 heavy (non-hydrogen) atoms. The third-order valence-corrected chi connectivity index (χ3v) is 1.99. The quantitative estimate of drug-likeness (QED) is 0.830. The second kappa shape index (κ2) is 4.86. The largest absolute Gasteiger partial charge is 0.481 e. The van der Waals surface area contributed by atoms with Crippen LogP contribution in [0.1, 0.15) is 23.2 Å². The summed E-state index contributed by atoms with van der Waals surface area (Å²) in [7, 11) is 0. The third kappa shape index (κ3) is 2.64. The molecule has 4 nitrogen and oxygen atoms in total. The molecule has 1 N–H and O–H groups in total. The van der Waals surface area contributed by atoms with Crippen LogP contribution in [0.5, 0.6) is 0 Å². The van der Waals surface area contributed by atoms with Crippen molar-refractivity contribution in [3.63, 3.8) is 0 Å². The number of nitriles is 1. The Morgan fingerprint density at radius 3 is 2.75 bits per heavy atom. The minimum Gasteiger partial charge on any atom is -0.481 e. The van der Waals surface area contributed by atoms with Crippen LogP contribution in [0.25, 0.3) is 0 Å². The number of hydrogen-bond acceptors (Lipinski definition) is 3. The molecule has 84 valence electrons. The van der Waals surface area contributed by atoms with E-state index >= 15 is 0 Å². The zero-order chi connectivity index (χ0) is 12.3. The Labute approximate surface area is 94.1 Å². The van der Waals surface area contributed by atoms with Crippen molar-refractivity contribution in [2.24, 2.45) is 0 Å². The molecular weight excluding hydrogens is 242 g/mol. The molecule has 0 radical (unpaired) electrons. The molecule has 0 aliphatic carbocycles. The van der Waals surface area contributed by atoms with Crippen molar-refractivity contribution in [1.82, 2.24) is 4.98 Å². The summed E-state index contributed by atoms with van der Waals surface area (Å²) in [6, 6.07) is 2.41. The van der Waals surface area contributed by atoms with Gasteiger partial charge in [-0.1, -0.05) is 11.6 Å². The predicted molar refractivity (Wildman–Crippen MR) is 50.3 cm³/mol. The van der Waals surface area contributed by atoms with Crippen LogP contribution in [-0.2, 0) is 11.2 Å². The van der Waals surface area contributed by atoms with Crippen LogP contribution in [0, 0.1) is 11.3 Å². The highest BCUT2D eigenvalue weighted by Crippen LogP contribution is 2.27. The number of aromatic nitrogens is 1. The normalized spacial score (nSPS) is 10.2. The molecule has 1 aromatic rings. The maximum absolute atomic E-state index is 12.6. The second-order valence-corrected chi connectivity index (χ2v) is 3.23. The lowest BCUT2D eigenvalue weighted by Crippen LogP contribution is -2.08. The number of halogens is 3. The van der Waals surface area contributed by atoms with Crippen LogP contribution < -0.4 is 0 Å². The summed E-state index contributed by atoms with van der Waals surface area (Å²) < 4.78 is 25.2. The Morgan fingerprint density at radius 1 is 1.69 bits per heavy atom. The second-order valence-electron chi connectivity index (χ2n) is 2.84. The van der Waals surface area contributed by atoms with Gasteiger partial charge in [0.2, 0.25) is 0 Å². The Bertz CT molecular complexity index is 471. The van der Waals surface area contributed by atoms with Crippen molar-refractivity contribution in [3.8, 4) is 6.07 Å². The first-order chi connectivity index (χ1) is 7.45. The van der Waals surface area contributed by atoms with Crippen molar-refractivity contribution < 1.29 is 18.7 Å². The Kier molecular flexibility index (Phi) is 3.74. The van der Waals surface area contributed by atoms with Crippen molar-refractivity contribution in [3.05, 3.63) is 28.0 Å². The zero-order valence-corrected chi connectivity index (χ0v) is 8.50. The number of carbonyl (C=O) groups is 1. The molecule has 0 bridgehead atoms. The van der Waals surface area contributed by atoms with Gasteiger partial charge in [-0.2, -0.15) is 5.26 Å². The monoisotopic (exact) mass is 246 g/mol. The number of nitrogens with zero attached hydrogens (tertiary/aromatic N) is 2. The molecule has 0 unspecified atom stereocenters. The van der Waals surface area contributed by atoms with Crippen molar-refractivity contribution >= 4 is 17.6 Å². The van der Waals surface area contributed by atoms with Crippen LogP contribution >= 0.6 is 11.6 Å². The van der Waals surface area contributed by atoms with Crippen LogP contribution in [0.4, 0.5) is 8.78 Å². The Morgan fingerprint density at radius 2 is 2.31 bits per heavy atom. The maximum Gasteiger partial charge on any atom is 0.307 e. The minimum atomic E-state index is -2.90. The third-order valence-electron chi connectivity index (χ3n) is 1.80. The van der Waals surface area contributed by atoms with Crippen LogP contribution in [-0.4, -0.2) is 16.1 Å². The standard InChI is InChI=1S/C9H5ClF2N2O2/c10-7-1-5(9(11)12)4(2-8(15)16)6(3-13)14-7/h1,9H,2H2,(H,15,16). The van der Waals surface area contributed by atoms with Gasteiger partial charge in [0.25, 0.3) is 6.43 Å². The van der Waals surface area contributed by atoms with Crippen molar-refractivity contribution in [2.45, 2.75) is 12.8 Å². The fourth-order valence-corrected chi connectivity index (χ4v) is 1.38. The van der Waals surface area contributed by atoms with E-state index < -0.39 is 24.4 Å². The molecular formula is C9H5ClF2N2O2. The van der Waals surface area contributed by atoms with Gasteiger partial charge in [-0.05, 0) is 6.07 Å². The summed E-state index contributed by atoms with van der Waals surface area (Å²) in [5.41, 5.74) is -1.25. The first kappa shape index (κ1) is 12.3. The van der Waals surface area contributed by atoms with Gasteiger partial charge >= 0.3 is 5.97 Å². The van der Waals surface area contributed by atoms with Gasteiger partial charge in [-0.15, -0.1) is 0 Å². The van der Waals surface area contributed by atoms with E-state index in [1.54, 1.807) is 6.07 Å². The van der Waals surface area contributed by atoms with Gasteiger partial charge in [0.1, 0.15) is 16.9 Å². The van der Waals surface area contributed by atoms with Crippen LogP contribution in [0.15, 0.2) is 6.07 Å². The van der Waals surface area contributed by atoms with E-state index in [9.17, 15) is 13.6 Å². The SMILES string of the molecule is N#Cc1nc(Cl)cc(C(F)F)c1CC(=O)O. The fourth-order valence-electron chi connectivity index (χ4n) is 1.18. The van der Waals surface area contributed by atoms with E-state index in [4.69, 9.17) is 22.0 Å². The molecule has 0 amide bonds. The van der Waals surface area contributed by atoms with E-state index in [1.807, 2.05) is 0 Å². The topological polar surface area (TPSA) is 74.0 Å². The summed E-state index contributed by atoms with van der Waals surface area (Å²) >= 11 is 5.44. The first-order valence-corrected chi connectivity index (χ1v) is 4.43. The number of aliphatic carboxylic acids is 1. The minimum absolute atomic E-state index is 0.263.